The van der Waals surface area contributed by atoms with Gasteiger partial charge in [0.2, 0.25) is 5.88 Å². The zero-order valence-electron chi connectivity index (χ0n) is 10.4. The minimum Gasteiger partial charge on any atom is -0.438 e. The summed E-state index contributed by atoms with van der Waals surface area (Å²) in [6.45, 7) is 3.83. The van der Waals surface area contributed by atoms with Gasteiger partial charge in [0.25, 0.3) is 0 Å². The van der Waals surface area contributed by atoms with Crippen molar-refractivity contribution in [3.05, 3.63) is 53.2 Å². The lowest BCUT2D eigenvalue weighted by Gasteiger charge is -2.11. The van der Waals surface area contributed by atoms with Gasteiger partial charge in [0.1, 0.15) is 11.6 Å². The monoisotopic (exact) mass is 241 g/mol. The van der Waals surface area contributed by atoms with E-state index < -0.39 is 0 Å². The van der Waals surface area contributed by atoms with Gasteiger partial charge in [-0.1, -0.05) is 18.2 Å². The summed E-state index contributed by atoms with van der Waals surface area (Å²) in [7, 11) is 0. The SMILES string of the molecule is Cc1ccc(C(=N)N)c(Oc2ccccc2C)n1. The Balaban J connectivity index is 2.42. The topological polar surface area (TPSA) is 72.0 Å². The third-order valence-electron chi connectivity index (χ3n) is 2.59. The molecule has 0 unspecified atom stereocenters. The molecular formula is C14H15N3O. The van der Waals surface area contributed by atoms with Crippen molar-refractivity contribution < 1.29 is 4.74 Å². The van der Waals surface area contributed by atoms with Crippen molar-refractivity contribution in [2.75, 3.05) is 0 Å². The number of para-hydroxylation sites is 1. The molecule has 0 amide bonds. The number of rotatable bonds is 3. The van der Waals surface area contributed by atoms with Gasteiger partial charge in [-0.05, 0) is 37.6 Å². The molecule has 0 atom stereocenters. The van der Waals surface area contributed by atoms with E-state index in [1.54, 1.807) is 12.1 Å². The molecule has 4 nitrogen and oxygen atoms in total. The number of amidine groups is 1. The lowest BCUT2D eigenvalue weighted by atomic mass is 10.2. The van der Waals surface area contributed by atoms with Gasteiger partial charge in [-0.2, -0.15) is 0 Å². The van der Waals surface area contributed by atoms with Crippen LogP contribution in [0.15, 0.2) is 36.4 Å². The molecule has 2 aromatic rings. The third kappa shape index (κ3) is 2.48. The lowest BCUT2D eigenvalue weighted by molar-refractivity contribution is 0.457. The molecule has 0 aliphatic carbocycles. The van der Waals surface area contributed by atoms with Crippen LogP contribution in [0.3, 0.4) is 0 Å². The maximum atomic E-state index is 7.52. The van der Waals surface area contributed by atoms with E-state index >= 15 is 0 Å². The number of aromatic nitrogens is 1. The number of nitrogens with zero attached hydrogens (tertiary/aromatic N) is 1. The Kier molecular flexibility index (Phi) is 3.28. The van der Waals surface area contributed by atoms with Crippen LogP contribution in [0.5, 0.6) is 11.6 Å². The van der Waals surface area contributed by atoms with Crippen molar-refractivity contribution in [1.29, 1.82) is 5.41 Å². The Bertz CT molecular complexity index is 593. The molecule has 0 saturated carbocycles. The van der Waals surface area contributed by atoms with Crippen LogP contribution in [0, 0.1) is 19.3 Å². The molecule has 2 rings (SSSR count). The molecule has 1 heterocycles. The highest BCUT2D eigenvalue weighted by Crippen LogP contribution is 2.26. The minimum absolute atomic E-state index is 0.0499. The van der Waals surface area contributed by atoms with E-state index in [0.29, 0.717) is 11.4 Å². The molecule has 1 aromatic heterocycles. The van der Waals surface area contributed by atoms with E-state index in [4.69, 9.17) is 15.9 Å². The van der Waals surface area contributed by atoms with E-state index in [0.717, 1.165) is 17.0 Å². The molecule has 92 valence electrons. The summed E-state index contributed by atoms with van der Waals surface area (Å²) in [4.78, 5) is 4.29. The maximum absolute atomic E-state index is 7.52. The van der Waals surface area contributed by atoms with Crippen LogP contribution in [0.1, 0.15) is 16.8 Å². The smallest absolute Gasteiger partial charge is 0.230 e. The molecule has 0 bridgehead atoms. The Morgan fingerprint density at radius 1 is 1.17 bits per heavy atom. The normalized spacial score (nSPS) is 10.1. The highest BCUT2D eigenvalue weighted by Gasteiger charge is 2.10. The molecule has 4 heteroatoms. The lowest BCUT2D eigenvalue weighted by Crippen LogP contribution is -2.13. The number of aryl methyl sites for hydroxylation is 2. The van der Waals surface area contributed by atoms with Crippen molar-refractivity contribution in [2.45, 2.75) is 13.8 Å². The molecule has 0 saturated heterocycles. The van der Waals surface area contributed by atoms with Crippen LogP contribution in [0.4, 0.5) is 0 Å². The maximum Gasteiger partial charge on any atom is 0.230 e. The summed E-state index contributed by atoms with van der Waals surface area (Å²) in [5.74, 6) is 1.04. The number of pyridine rings is 1. The number of hydrogen-bond donors (Lipinski definition) is 2. The van der Waals surface area contributed by atoms with Gasteiger partial charge in [-0.3, -0.25) is 5.41 Å². The molecule has 0 fully saturated rings. The predicted molar refractivity (Wildman–Crippen MR) is 71.2 cm³/mol. The van der Waals surface area contributed by atoms with Gasteiger partial charge in [-0.25, -0.2) is 4.98 Å². The highest BCUT2D eigenvalue weighted by molar-refractivity contribution is 5.97. The molecule has 0 aliphatic rings. The van der Waals surface area contributed by atoms with Gasteiger partial charge < -0.3 is 10.5 Å². The zero-order chi connectivity index (χ0) is 13.1. The molecule has 18 heavy (non-hydrogen) atoms. The van der Waals surface area contributed by atoms with Gasteiger partial charge in [0, 0.05) is 5.69 Å². The number of ether oxygens (including phenoxy) is 1. The first kappa shape index (κ1) is 12.1. The van der Waals surface area contributed by atoms with Gasteiger partial charge in [-0.15, -0.1) is 0 Å². The molecule has 0 spiro atoms. The minimum atomic E-state index is -0.0499. The third-order valence-corrected chi connectivity index (χ3v) is 2.59. The summed E-state index contributed by atoms with van der Waals surface area (Å²) in [5.41, 5.74) is 7.86. The zero-order valence-corrected chi connectivity index (χ0v) is 10.4. The summed E-state index contributed by atoms with van der Waals surface area (Å²) < 4.78 is 5.75. The van der Waals surface area contributed by atoms with Crippen LogP contribution >= 0.6 is 0 Å². The summed E-state index contributed by atoms with van der Waals surface area (Å²) in [6, 6.07) is 11.2. The number of nitrogens with one attached hydrogen (secondary N) is 1. The summed E-state index contributed by atoms with van der Waals surface area (Å²) in [6.07, 6.45) is 0. The van der Waals surface area contributed by atoms with Gasteiger partial charge >= 0.3 is 0 Å². The first-order valence-corrected chi connectivity index (χ1v) is 5.63. The fourth-order valence-corrected chi connectivity index (χ4v) is 1.59. The fraction of sp³-hybridized carbons (Fsp3) is 0.143. The summed E-state index contributed by atoms with van der Waals surface area (Å²) in [5, 5.41) is 7.52. The molecule has 1 aromatic carbocycles. The Hall–Kier alpha value is -2.36. The number of benzene rings is 1. The Labute approximate surface area is 106 Å². The molecule has 0 aliphatic heterocycles. The second-order valence-electron chi connectivity index (χ2n) is 4.09. The van der Waals surface area contributed by atoms with Crippen LogP contribution in [0.25, 0.3) is 0 Å². The number of hydrogen-bond acceptors (Lipinski definition) is 3. The van der Waals surface area contributed by atoms with Crippen LogP contribution < -0.4 is 10.5 Å². The Morgan fingerprint density at radius 2 is 1.89 bits per heavy atom. The van der Waals surface area contributed by atoms with Crippen molar-refractivity contribution >= 4 is 5.84 Å². The van der Waals surface area contributed by atoms with E-state index in [1.165, 1.54) is 0 Å². The largest absolute Gasteiger partial charge is 0.438 e. The second kappa shape index (κ2) is 4.87. The van der Waals surface area contributed by atoms with Crippen molar-refractivity contribution in [2.24, 2.45) is 5.73 Å². The van der Waals surface area contributed by atoms with Crippen LogP contribution in [0.2, 0.25) is 0 Å². The van der Waals surface area contributed by atoms with Crippen molar-refractivity contribution in [3.63, 3.8) is 0 Å². The van der Waals surface area contributed by atoms with Gasteiger partial charge in [0.05, 0.1) is 5.56 Å². The molecular weight excluding hydrogens is 226 g/mol. The fourth-order valence-electron chi connectivity index (χ4n) is 1.59. The quantitative estimate of drug-likeness (QED) is 0.641. The average Bonchev–Trinajstić information content (AvgIpc) is 2.32. The second-order valence-corrected chi connectivity index (χ2v) is 4.09. The van der Waals surface area contributed by atoms with E-state index in [2.05, 4.69) is 4.98 Å². The first-order valence-electron chi connectivity index (χ1n) is 5.63. The summed E-state index contributed by atoms with van der Waals surface area (Å²) >= 11 is 0. The first-order chi connectivity index (χ1) is 8.58. The van der Waals surface area contributed by atoms with Gasteiger partial charge in [0.15, 0.2) is 0 Å². The average molecular weight is 241 g/mol. The molecule has 3 N–H and O–H groups in total. The van der Waals surface area contributed by atoms with Crippen molar-refractivity contribution in [1.82, 2.24) is 4.98 Å². The van der Waals surface area contributed by atoms with E-state index in [1.807, 2.05) is 38.1 Å². The number of nitrogens with two attached hydrogens (primary N) is 1. The van der Waals surface area contributed by atoms with E-state index in [-0.39, 0.29) is 5.84 Å². The standard InChI is InChI=1S/C14H15N3O/c1-9-5-3-4-6-12(9)18-14-11(13(15)16)8-7-10(2)17-14/h3-8H,1-2H3,(H3,15,16). The predicted octanol–water partition coefficient (Wildman–Crippen LogP) is 2.77. The van der Waals surface area contributed by atoms with Crippen LogP contribution in [-0.4, -0.2) is 10.8 Å². The van der Waals surface area contributed by atoms with Crippen LogP contribution in [-0.2, 0) is 0 Å². The van der Waals surface area contributed by atoms with Crippen molar-refractivity contribution in [3.8, 4) is 11.6 Å². The van der Waals surface area contributed by atoms with E-state index in [9.17, 15) is 0 Å². The molecule has 0 radical (unpaired) electrons. The number of nitrogen functional groups attached to an aromatic ring is 1. The Morgan fingerprint density at radius 3 is 2.56 bits per heavy atom. The highest BCUT2D eigenvalue weighted by atomic mass is 16.5.